The molecule has 0 atom stereocenters. The maximum Gasteiger partial charge on any atom is 0.227 e. The molecule has 3 nitrogen and oxygen atoms in total. The lowest BCUT2D eigenvalue weighted by molar-refractivity contribution is -0.120. The van der Waals surface area contributed by atoms with Gasteiger partial charge in [-0.1, -0.05) is 44.2 Å². The number of amides is 1. The molecule has 1 aliphatic carbocycles. The highest BCUT2D eigenvalue weighted by atomic mass is 16.1. The largest absolute Gasteiger partial charge is 0.326 e. The van der Waals surface area contributed by atoms with Crippen molar-refractivity contribution in [3.8, 4) is 0 Å². The lowest BCUT2D eigenvalue weighted by atomic mass is 9.90. The Morgan fingerprint density at radius 1 is 1.10 bits per heavy atom. The second-order valence-electron chi connectivity index (χ2n) is 6.40. The molecular weight excluding hydrogens is 260 g/mol. The molecule has 1 heterocycles. The van der Waals surface area contributed by atoms with Gasteiger partial charge >= 0.3 is 0 Å². The number of carbonyl (C=O) groups is 1. The van der Waals surface area contributed by atoms with Crippen molar-refractivity contribution in [3.05, 3.63) is 29.3 Å². The van der Waals surface area contributed by atoms with E-state index in [2.05, 4.69) is 22.8 Å². The molecule has 0 spiro atoms. The number of benzene rings is 1. The van der Waals surface area contributed by atoms with Crippen LogP contribution >= 0.6 is 0 Å². The summed E-state index contributed by atoms with van der Waals surface area (Å²) in [6.07, 6.45) is 9.48. The van der Waals surface area contributed by atoms with Crippen LogP contribution in [0.1, 0.15) is 56.1 Å². The Labute approximate surface area is 127 Å². The first kappa shape index (κ1) is 14.6. The van der Waals surface area contributed by atoms with Gasteiger partial charge in [-0.15, -0.1) is 0 Å². The van der Waals surface area contributed by atoms with Crippen LogP contribution in [0, 0.1) is 5.92 Å². The molecule has 1 aromatic carbocycles. The van der Waals surface area contributed by atoms with Crippen molar-refractivity contribution in [2.24, 2.45) is 5.92 Å². The van der Waals surface area contributed by atoms with Gasteiger partial charge in [-0.05, 0) is 43.0 Å². The van der Waals surface area contributed by atoms with E-state index in [1.165, 1.54) is 43.2 Å². The zero-order chi connectivity index (χ0) is 14.5. The van der Waals surface area contributed by atoms with Crippen molar-refractivity contribution in [2.75, 3.05) is 11.9 Å². The molecule has 3 rings (SSSR count). The fourth-order valence-electron chi connectivity index (χ4n) is 3.58. The Morgan fingerprint density at radius 3 is 2.67 bits per heavy atom. The van der Waals surface area contributed by atoms with Crippen molar-refractivity contribution in [1.82, 2.24) is 5.32 Å². The maximum absolute atomic E-state index is 12.6. The van der Waals surface area contributed by atoms with Crippen LogP contribution in [0.25, 0.3) is 0 Å². The molecule has 1 aliphatic heterocycles. The quantitative estimate of drug-likeness (QED) is 0.871. The molecule has 0 saturated heterocycles. The molecular formula is C18H26N2O. The molecule has 1 amide bonds. The normalized spacial score (nSPS) is 20.2. The van der Waals surface area contributed by atoms with Gasteiger partial charge in [0.1, 0.15) is 0 Å². The van der Waals surface area contributed by atoms with Crippen LogP contribution in [-0.2, 0) is 17.8 Å². The van der Waals surface area contributed by atoms with Crippen LogP contribution in [0.15, 0.2) is 18.2 Å². The second-order valence-corrected chi connectivity index (χ2v) is 6.40. The summed E-state index contributed by atoms with van der Waals surface area (Å²) in [5, 5.41) is 6.61. The van der Waals surface area contributed by atoms with Gasteiger partial charge in [0.2, 0.25) is 5.91 Å². The molecule has 2 N–H and O–H groups in total. The van der Waals surface area contributed by atoms with E-state index < -0.39 is 0 Å². The molecule has 0 unspecified atom stereocenters. The maximum atomic E-state index is 12.6. The Bertz CT molecular complexity index is 490. The van der Waals surface area contributed by atoms with Crippen molar-refractivity contribution in [1.29, 1.82) is 0 Å². The summed E-state index contributed by atoms with van der Waals surface area (Å²) in [5.41, 5.74) is 3.68. The number of hydrogen-bond acceptors (Lipinski definition) is 2. The fourth-order valence-corrected chi connectivity index (χ4v) is 3.58. The van der Waals surface area contributed by atoms with E-state index in [9.17, 15) is 4.79 Å². The summed E-state index contributed by atoms with van der Waals surface area (Å²) in [7, 11) is 0. The summed E-state index contributed by atoms with van der Waals surface area (Å²) in [6, 6.07) is 6.30. The van der Waals surface area contributed by atoms with Gasteiger partial charge in [0.15, 0.2) is 0 Å². The molecule has 2 aliphatic rings. The van der Waals surface area contributed by atoms with Gasteiger partial charge in [0.25, 0.3) is 0 Å². The number of fused-ring (bicyclic) bond motifs is 1. The third-order valence-corrected chi connectivity index (χ3v) is 4.88. The Kier molecular flexibility index (Phi) is 4.91. The third kappa shape index (κ3) is 3.65. The average molecular weight is 286 g/mol. The third-order valence-electron chi connectivity index (χ3n) is 4.88. The summed E-state index contributed by atoms with van der Waals surface area (Å²) < 4.78 is 0. The average Bonchev–Trinajstić information content (AvgIpc) is 2.47. The van der Waals surface area contributed by atoms with Gasteiger partial charge in [-0.3, -0.25) is 4.79 Å². The van der Waals surface area contributed by atoms with E-state index >= 15 is 0 Å². The van der Waals surface area contributed by atoms with Gasteiger partial charge in [-0.25, -0.2) is 0 Å². The second kappa shape index (κ2) is 7.08. The lowest BCUT2D eigenvalue weighted by Crippen LogP contribution is -2.28. The van der Waals surface area contributed by atoms with Crippen LogP contribution in [0.3, 0.4) is 0 Å². The van der Waals surface area contributed by atoms with Crippen molar-refractivity contribution in [2.45, 2.75) is 57.9 Å². The highest BCUT2D eigenvalue weighted by Crippen LogP contribution is 2.26. The van der Waals surface area contributed by atoms with Gasteiger partial charge in [0, 0.05) is 18.2 Å². The van der Waals surface area contributed by atoms with Crippen molar-refractivity contribution in [3.63, 3.8) is 0 Å². The predicted octanol–water partition coefficient (Wildman–Crippen LogP) is 3.63. The number of rotatable bonds is 2. The first-order valence-corrected chi connectivity index (χ1v) is 8.47. The summed E-state index contributed by atoms with van der Waals surface area (Å²) in [4.78, 5) is 12.6. The molecule has 0 aromatic heterocycles. The number of anilines is 1. The van der Waals surface area contributed by atoms with Crippen molar-refractivity contribution < 1.29 is 4.79 Å². The zero-order valence-electron chi connectivity index (χ0n) is 12.8. The standard InChI is InChI=1S/C18H26N2O/c21-18(15-7-4-2-1-3-5-8-15)20-17-10-6-9-14-11-12-19-13-16(14)17/h6,9-10,15,19H,1-5,7-8,11-13H2,(H,20,21). The number of hydrogen-bond donors (Lipinski definition) is 2. The predicted molar refractivity (Wildman–Crippen MR) is 86.3 cm³/mol. The smallest absolute Gasteiger partial charge is 0.227 e. The summed E-state index contributed by atoms with van der Waals surface area (Å²) in [5.74, 6) is 0.438. The SMILES string of the molecule is O=C(Nc1cccc2c1CNCC2)C1CCCCCCC1. The zero-order valence-corrected chi connectivity index (χ0v) is 12.8. The molecule has 0 bridgehead atoms. The molecule has 0 radical (unpaired) electrons. The van der Waals surface area contributed by atoms with Crippen LogP contribution in [0.2, 0.25) is 0 Å². The van der Waals surface area contributed by atoms with Crippen LogP contribution in [0.4, 0.5) is 5.69 Å². The molecule has 1 aromatic rings. The number of nitrogens with one attached hydrogen (secondary N) is 2. The lowest BCUT2D eigenvalue weighted by Gasteiger charge is -2.23. The molecule has 1 fully saturated rings. The van der Waals surface area contributed by atoms with Gasteiger partial charge in [-0.2, -0.15) is 0 Å². The van der Waals surface area contributed by atoms with E-state index in [1.54, 1.807) is 0 Å². The fraction of sp³-hybridized carbons (Fsp3) is 0.611. The minimum Gasteiger partial charge on any atom is -0.326 e. The van der Waals surface area contributed by atoms with E-state index in [4.69, 9.17) is 0 Å². The van der Waals surface area contributed by atoms with E-state index in [0.29, 0.717) is 0 Å². The highest BCUT2D eigenvalue weighted by Gasteiger charge is 2.21. The number of carbonyl (C=O) groups excluding carboxylic acids is 1. The van der Waals surface area contributed by atoms with Crippen LogP contribution in [0.5, 0.6) is 0 Å². The minimum absolute atomic E-state index is 0.206. The van der Waals surface area contributed by atoms with E-state index in [-0.39, 0.29) is 11.8 Å². The molecule has 21 heavy (non-hydrogen) atoms. The van der Waals surface area contributed by atoms with Gasteiger partial charge < -0.3 is 10.6 Å². The van der Waals surface area contributed by atoms with Gasteiger partial charge in [0.05, 0.1) is 0 Å². The minimum atomic E-state index is 0.206. The van der Waals surface area contributed by atoms with E-state index in [1.807, 2.05) is 6.07 Å². The Morgan fingerprint density at radius 2 is 1.86 bits per heavy atom. The Hall–Kier alpha value is -1.35. The molecule has 1 saturated carbocycles. The van der Waals surface area contributed by atoms with Crippen molar-refractivity contribution >= 4 is 11.6 Å². The molecule has 3 heteroatoms. The van der Waals surface area contributed by atoms with E-state index in [0.717, 1.165) is 38.0 Å². The Balaban J connectivity index is 1.69. The van der Waals surface area contributed by atoms with Crippen LogP contribution in [-0.4, -0.2) is 12.5 Å². The first-order chi connectivity index (χ1) is 10.3. The summed E-state index contributed by atoms with van der Waals surface area (Å²) in [6.45, 7) is 1.91. The molecule has 114 valence electrons. The highest BCUT2D eigenvalue weighted by molar-refractivity contribution is 5.93. The van der Waals surface area contributed by atoms with Crippen LogP contribution < -0.4 is 10.6 Å². The topological polar surface area (TPSA) is 41.1 Å². The monoisotopic (exact) mass is 286 g/mol. The summed E-state index contributed by atoms with van der Waals surface area (Å²) >= 11 is 0. The first-order valence-electron chi connectivity index (χ1n) is 8.47.